The lowest BCUT2D eigenvalue weighted by molar-refractivity contribution is -0.118. The average molecular weight is 302 g/mol. The number of nitrogens with one attached hydrogen (secondary N) is 1. The Labute approximate surface area is 119 Å². The highest BCUT2D eigenvalue weighted by atomic mass is 19.4. The number of allylic oxidation sites excluding steroid dienone is 1. The minimum atomic E-state index is -4.78. The van der Waals surface area contributed by atoms with Gasteiger partial charge in [0, 0.05) is 19.8 Å². The topological polar surface area (TPSA) is 32.3 Å². The Bertz CT molecular complexity index is 561. The summed E-state index contributed by atoms with van der Waals surface area (Å²) < 4.78 is 52.7. The van der Waals surface area contributed by atoms with Crippen LogP contribution in [0.25, 0.3) is 0 Å². The van der Waals surface area contributed by atoms with E-state index in [9.17, 15) is 22.4 Å². The molecule has 1 aromatic carbocycles. The molecule has 114 valence electrons. The van der Waals surface area contributed by atoms with Gasteiger partial charge < -0.3 is 10.2 Å². The van der Waals surface area contributed by atoms with Gasteiger partial charge in [-0.05, 0) is 24.3 Å². The normalized spacial score (nSPS) is 12.5. The Hall–Kier alpha value is -2.31. The average Bonchev–Trinajstić information content (AvgIpc) is 2.42. The van der Waals surface area contributed by atoms with E-state index in [2.05, 4.69) is 11.9 Å². The van der Waals surface area contributed by atoms with Gasteiger partial charge in [0.15, 0.2) is 0 Å². The van der Waals surface area contributed by atoms with Crippen LogP contribution in [0, 0.1) is 5.82 Å². The summed E-state index contributed by atoms with van der Waals surface area (Å²) in [5.74, 6) is -1.48. The van der Waals surface area contributed by atoms with Crippen molar-refractivity contribution in [1.82, 2.24) is 5.32 Å². The standard InChI is InChI=1S/C14H14F4N2O/c1-4-11(13(21)19-2)12(14(16,17)18)20(3)10-7-5-9(15)6-8-10/h4-8H,1H2,2-3H3,(H,19,21)/b12-11+. The number of benzene rings is 1. The van der Waals surface area contributed by atoms with Crippen LogP contribution < -0.4 is 10.2 Å². The Kier molecular flexibility index (Phi) is 5.12. The second-order valence-corrected chi connectivity index (χ2v) is 4.08. The second kappa shape index (κ2) is 6.43. The van der Waals surface area contributed by atoms with E-state index in [1.165, 1.54) is 19.2 Å². The molecule has 1 amide bonds. The number of carbonyl (C=O) groups excluding carboxylic acids is 1. The number of anilines is 1. The van der Waals surface area contributed by atoms with Crippen molar-refractivity contribution in [3.8, 4) is 0 Å². The summed E-state index contributed by atoms with van der Waals surface area (Å²) in [4.78, 5) is 12.4. The Morgan fingerprint density at radius 2 is 1.81 bits per heavy atom. The number of hydrogen-bond acceptors (Lipinski definition) is 2. The molecule has 1 N–H and O–H groups in total. The summed E-state index contributed by atoms with van der Waals surface area (Å²) in [6, 6.07) is 4.44. The molecule has 0 bridgehead atoms. The Balaban J connectivity index is 3.45. The van der Waals surface area contributed by atoms with E-state index in [1.54, 1.807) is 0 Å². The maximum absolute atomic E-state index is 13.3. The number of nitrogens with zero attached hydrogens (tertiary/aromatic N) is 1. The lowest BCUT2D eigenvalue weighted by atomic mass is 10.1. The molecule has 0 aliphatic carbocycles. The number of amides is 1. The molecule has 0 aliphatic heterocycles. The molecule has 1 aromatic rings. The fourth-order valence-corrected chi connectivity index (χ4v) is 1.75. The molecule has 21 heavy (non-hydrogen) atoms. The lowest BCUT2D eigenvalue weighted by Gasteiger charge is -2.26. The monoisotopic (exact) mass is 302 g/mol. The van der Waals surface area contributed by atoms with Crippen molar-refractivity contribution in [2.45, 2.75) is 6.18 Å². The van der Waals surface area contributed by atoms with E-state index >= 15 is 0 Å². The quantitative estimate of drug-likeness (QED) is 0.527. The first-order chi connectivity index (χ1) is 9.72. The maximum atomic E-state index is 13.3. The van der Waals surface area contributed by atoms with Crippen LogP contribution in [0.15, 0.2) is 48.2 Å². The highest BCUT2D eigenvalue weighted by Crippen LogP contribution is 2.33. The molecule has 0 atom stereocenters. The minimum absolute atomic E-state index is 0.0898. The van der Waals surface area contributed by atoms with Gasteiger partial charge >= 0.3 is 6.18 Å². The first-order valence-electron chi connectivity index (χ1n) is 5.87. The zero-order valence-corrected chi connectivity index (χ0v) is 11.5. The number of hydrogen-bond donors (Lipinski definition) is 1. The molecule has 0 heterocycles. The van der Waals surface area contributed by atoms with Crippen LogP contribution in [-0.4, -0.2) is 26.2 Å². The van der Waals surface area contributed by atoms with Gasteiger partial charge in [-0.3, -0.25) is 4.79 Å². The van der Waals surface area contributed by atoms with Crippen LogP contribution in [0.3, 0.4) is 0 Å². The molecule has 7 heteroatoms. The van der Waals surface area contributed by atoms with Crippen LogP contribution in [-0.2, 0) is 4.79 Å². The fraction of sp³-hybridized carbons (Fsp3) is 0.214. The molecule has 0 radical (unpaired) electrons. The predicted molar refractivity (Wildman–Crippen MR) is 72.1 cm³/mol. The zero-order chi connectivity index (χ0) is 16.2. The lowest BCUT2D eigenvalue weighted by Crippen LogP contribution is -2.33. The summed E-state index contributed by atoms with van der Waals surface area (Å²) in [6.45, 7) is 3.25. The zero-order valence-electron chi connectivity index (χ0n) is 11.5. The van der Waals surface area contributed by atoms with Gasteiger partial charge in [0.2, 0.25) is 0 Å². The van der Waals surface area contributed by atoms with Gasteiger partial charge in [0.1, 0.15) is 11.5 Å². The number of carbonyl (C=O) groups is 1. The van der Waals surface area contributed by atoms with Crippen LogP contribution >= 0.6 is 0 Å². The van der Waals surface area contributed by atoms with Crippen molar-refractivity contribution >= 4 is 11.6 Å². The molecule has 0 fully saturated rings. The van der Waals surface area contributed by atoms with Crippen molar-refractivity contribution in [1.29, 1.82) is 0 Å². The third-order valence-corrected chi connectivity index (χ3v) is 2.75. The molecule has 0 aliphatic rings. The van der Waals surface area contributed by atoms with Gasteiger partial charge in [-0.2, -0.15) is 13.2 Å². The maximum Gasteiger partial charge on any atom is 0.432 e. The SMILES string of the molecule is C=C/C(C(=O)NC)=C(\N(C)c1ccc(F)cc1)C(F)(F)F. The summed E-state index contributed by atoms with van der Waals surface area (Å²) in [5, 5.41) is 2.13. The fourth-order valence-electron chi connectivity index (χ4n) is 1.75. The van der Waals surface area contributed by atoms with Gasteiger partial charge in [0.25, 0.3) is 5.91 Å². The van der Waals surface area contributed by atoms with Crippen LogP contribution in [0.1, 0.15) is 0 Å². The molecule has 0 saturated heterocycles. The summed E-state index contributed by atoms with van der Waals surface area (Å²) in [6.07, 6.45) is -3.94. The summed E-state index contributed by atoms with van der Waals surface area (Å²) >= 11 is 0. The van der Waals surface area contributed by atoms with E-state index in [4.69, 9.17) is 0 Å². The minimum Gasteiger partial charge on any atom is -0.355 e. The molecule has 0 aromatic heterocycles. The largest absolute Gasteiger partial charge is 0.432 e. The van der Waals surface area contributed by atoms with E-state index in [0.29, 0.717) is 0 Å². The molecule has 1 rings (SSSR count). The highest BCUT2D eigenvalue weighted by Gasteiger charge is 2.40. The first kappa shape index (κ1) is 16.7. The van der Waals surface area contributed by atoms with Crippen molar-refractivity contribution in [2.75, 3.05) is 19.0 Å². The summed E-state index contributed by atoms with van der Waals surface area (Å²) in [7, 11) is 2.36. The second-order valence-electron chi connectivity index (χ2n) is 4.08. The molecular weight excluding hydrogens is 288 g/mol. The molecular formula is C14H14F4N2O. The van der Waals surface area contributed by atoms with E-state index < -0.39 is 29.2 Å². The molecule has 0 saturated carbocycles. The van der Waals surface area contributed by atoms with Crippen LogP contribution in [0.5, 0.6) is 0 Å². The van der Waals surface area contributed by atoms with E-state index in [-0.39, 0.29) is 5.69 Å². The molecule has 0 unspecified atom stereocenters. The van der Waals surface area contributed by atoms with Crippen LogP contribution in [0.4, 0.5) is 23.2 Å². The van der Waals surface area contributed by atoms with Crippen molar-refractivity contribution in [3.63, 3.8) is 0 Å². The Morgan fingerprint density at radius 3 is 2.19 bits per heavy atom. The third-order valence-electron chi connectivity index (χ3n) is 2.75. The van der Waals surface area contributed by atoms with Crippen molar-refractivity contribution in [3.05, 3.63) is 54.0 Å². The van der Waals surface area contributed by atoms with Gasteiger partial charge in [-0.25, -0.2) is 4.39 Å². The first-order valence-corrected chi connectivity index (χ1v) is 5.87. The van der Waals surface area contributed by atoms with E-state index in [1.807, 2.05) is 0 Å². The highest BCUT2D eigenvalue weighted by molar-refractivity contribution is 5.97. The molecule has 0 spiro atoms. The van der Waals surface area contributed by atoms with E-state index in [0.717, 1.165) is 30.2 Å². The van der Waals surface area contributed by atoms with Crippen molar-refractivity contribution < 1.29 is 22.4 Å². The molecule has 3 nitrogen and oxygen atoms in total. The van der Waals surface area contributed by atoms with Crippen LogP contribution in [0.2, 0.25) is 0 Å². The summed E-state index contributed by atoms with van der Waals surface area (Å²) in [5.41, 5.74) is -1.70. The van der Waals surface area contributed by atoms with Gasteiger partial charge in [0.05, 0.1) is 5.57 Å². The smallest absolute Gasteiger partial charge is 0.355 e. The van der Waals surface area contributed by atoms with Gasteiger partial charge in [-0.1, -0.05) is 12.7 Å². The predicted octanol–water partition coefficient (Wildman–Crippen LogP) is 3.01. The Morgan fingerprint density at radius 1 is 1.29 bits per heavy atom. The van der Waals surface area contributed by atoms with Crippen molar-refractivity contribution in [2.24, 2.45) is 0 Å². The van der Waals surface area contributed by atoms with Gasteiger partial charge in [-0.15, -0.1) is 0 Å². The third kappa shape index (κ3) is 3.84. The number of alkyl halides is 3. The number of rotatable bonds is 4. The number of halogens is 4. The number of likely N-dealkylation sites (N-methyl/N-ethyl adjacent to an activating group) is 1.